The van der Waals surface area contributed by atoms with Gasteiger partial charge < -0.3 is 5.73 Å². The second-order valence-electron chi connectivity index (χ2n) is 5.23. The first kappa shape index (κ1) is 14.7. The van der Waals surface area contributed by atoms with E-state index >= 15 is 0 Å². The van der Waals surface area contributed by atoms with Gasteiger partial charge in [-0.2, -0.15) is 0 Å². The maximum Gasteiger partial charge on any atom is 0.220 e. The molecule has 2 heterocycles. The Balaban J connectivity index is 2.15. The van der Waals surface area contributed by atoms with Gasteiger partial charge in [0.15, 0.2) is 0 Å². The monoisotopic (exact) mass is 300 g/mol. The molecule has 0 spiro atoms. The molecule has 0 bridgehead atoms. The van der Waals surface area contributed by atoms with Gasteiger partial charge >= 0.3 is 0 Å². The van der Waals surface area contributed by atoms with Crippen molar-refractivity contribution in [2.45, 2.75) is 13.8 Å². The van der Waals surface area contributed by atoms with Crippen molar-refractivity contribution in [1.29, 1.82) is 0 Å². The third-order valence-corrected chi connectivity index (χ3v) is 3.38. The maximum absolute atomic E-state index is 5.83. The molecule has 0 radical (unpaired) electrons. The van der Waals surface area contributed by atoms with Gasteiger partial charge in [0.1, 0.15) is 5.69 Å². The molecule has 0 atom stereocenters. The average molecular weight is 300 g/mol. The van der Waals surface area contributed by atoms with Crippen LogP contribution in [-0.2, 0) is 0 Å². The van der Waals surface area contributed by atoms with Gasteiger partial charge in [-0.05, 0) is 38.0 Å². The number of nitrogens with zero attached hydrogens (tertiary/aromatic N) is 3. The zero-order valence-electron chi connectivity index (χ0n) is 13.0. The van der Waals surface area contributed by atoms with Crippen LogP contribution >= 0.6 is 0 Å². The average Bonchev–Trinajstić information content (AvgIpc) is 2.54. The largest absolute Gasteiger partial charge is 0.368 e. The molecule has 1 aromatic carbocycles. The highest BCUT2D eigenvalue weighted by Gasteiger charge is 2.11. The summed E-state index contributed by atoms with van der Waals surface area (Å²) in [6, 6.07) is 13.7. The Hall–Kier alpha value is -3.19. The maximum atomic E-state index is 5.83. The summed E-state index contributed by atoms with van der Waals surface area (Å²) in [5, 5.41) is 0. The Morgan fingerprint density at radius 2 is 1.83 bits per heavy atom. The van der Waals surface area contributed by atoms with Gasteiger partial charge in [-0.3, -0.25) is 0 Å². The minimum absolute atomic E-state index is 0.252. The molecular weight excluding hydrogens is 284 g/mol. The summed E-state index contributed by atoms with van der Waals surface area (Å²) in [4.78, 5) is 12.9. The molecule has 0 aliphatic rings. The Kier molecular flexibility index (Phi) is 4.03. The molecule has 4 heteroatoms. The number of hydrogen-bond acceptors (Lipinski definition) is 4. The Labute approximate surface area is 135 Å². The lowest BCUT2D eigenvalue weighted by Gasteiger charge is -2.08. The summed E-state index contributed by atoms with van der Waals surface area (Å²) in [5.41, 5.74) is 11.0. The van der Waals surface area contributed by atoms with Crippen LogP contribution in [0.25, 0.3) is 11.3 Å². The number of aryl methyl sites for hydroxylation is 2. The highest BCUT2D eigenvalue weighted by atomic mass is 15.0. The van der Waals surface area contributed by atoms with Crippen LogP contribution in [0.3, 0.4) is 0 Å². The van der Waals surface area contributed by atoms with Gasteiger partial charge in [0.25, 0.3) is 0 Å². The molecule has 0 unspecified atom stereocenters. The van der Waals surface area contributed by atoms with Gasteiger partial charge in [-0.1, -0.05) is 35.7 Å². The molecule has 0 fully saturated rings. The second kappa shape index (κ2) is 6.29. The second-order valence-corrected chi connectivity index (χ2v) is 5.23. The number of nitrogens with two attached hydrogens (primary N) is 1. The SMILES string of the molecule is Cc1cccc(-c2nc(N)nc(C)c2C#Cc2ccccn2)c1. The normalized spacial score (nSPS) is 10.0. The van der Waals surface area contributed by atoms with E-state index in [2.05, 4.69) is 32.9 Å². The van der Waals surface area contributed by atoms with Crippen LogP contribution in [-0.4, -0.2) is 15.0 Å². The lowest BCUT2D eigenvalue weighted by Crippen LogP contribution is -2.03. The summed E-state index contributed by atoms with van der Waals surface area (Å²) in [6.07, 6.45) is 1.72. The fraction of sp³-hybridized carbons (Fsp3) is 0.105. The van der Waals surface area contributed by atoms with E-state index in [1.165, 1.54) is 0 Å². The van der Waals surface area contributed by atoms with E-state index in [1.807, 2.05) is 50.2 Å². The molecule has 0 amide bonds. The molecule has 0 aliphatic heterocycles. The predicted octanol–water partition coefficient (Wildman–Crippen LogP) is 3.14. The summed E-state index contributed by atoms with van der Waals surface area (Å²) < 4.78 is 0. The number of nitrogen functional groups attached to an aromatic ring is 1. The summed E-state index contributed by atoms with van der Waals surface area (Å²) in [5.74, 6) is 6.47. The molecular formula is C19H16N4. The van der Waals surface area contributed by atoms with E-state index in [9.17, 15) is 0 Å². The number of anilines is 1. The van der Waals surface area contributed by atoms with Crippen LogP contribution in [0.5, 0.6) is 0 Å². The highest BCUT2D eigenvalue weighted by Crippen LogP contribution is 2.24. The van der Waals surface area contributed by atoms with Crippen molar-refractivity contribution in [1.82, 2.24) is 15.0 Å². The number of benzene rings is 1. The van der Waals surface area contributed by atoms with Crippen molar-refractivity contribution >= 4 is 5.95 Å². The molecule has 23 heavy (non-hydrogen) atoms. The molecule has 3 rings (SSSR count). The fourth-order valence-corrected chi connectivity index (χ4v) is 2.31. The molecule has 2 N–H and O–H groups in total. The highest BCUT2D eigenvalue weighted by molar-refractivity contribution is 5.70. The van der Waals surface area contributed by atoms with Crippen LogP contribution in [0.15, 0.2) is 48.7 Å². The Bertz CT molecular complexity index is 906. The van der Waals surface area contributed by atoms with E-state index < -0.39 is 0 Å². The summed E-state index contributed by atoms with van der Waals surface area (Å²) >= 11 is 0. The van der Waals surface area contributed by atoms with E-state index in [-0.39, 0.29) is 5.95 Å². The van der Waals surface area contributed by atoms with Gasteiger partial charge in [0.2, 0.25) is 5.95 Å². The van der Waals surface area contributed by atoms with Crippen LogP contribution < -0.4 is 5.73 Å². The molecule has 112 valence electrons. The number of rotatable bonds is 1. The standard InChI is InChI=1S/C19H16N4/c1-13-6-5-7-15(12-13)18-17(14(2)22-19(20)23-18)10-9-16-8-3-4-11-21-16/h3-8,11-12H,1-2H3,(H2,20,22,23). The molecule has 4 nitrogen and oxygen atoms in total. The van der Waals surface area contributed by atoms with Gasteiger partial charge in [0, 0.05) is 11.8 Å². The minimum atomic E-state index is 0.252. The number of pyridine rings is 1. The van der Waals surface area contributed by atoms with Crippen LogP contribution in [0.1, 0.15) is 22.5 Å². The predicted molar refractivity (Wildman–Crippen MR) is 91.6 cm³/mol. The zero-order valence-corrected chi connectivity index (χ0v) is 13.0. The smallest absolute Gasteiger partial charge is 0.220 e. The number of hydrogen-bond donors (Lipinski definition) is 1. The van der Waals surface area contributed by atoms with E-state index in [4.69, 9.17) is 5.73 Å². The third kappa shape index (κ3) is 3.35. The van der Waals surface area contributed by atoms with Crippen molar-refractivity contribution in [2.24, 2.45) is 0 Å². The molecule has 3 aromatic rings. The van der Waals surface area contributed by atoms with E-state index in [0.717, 1.165) is 28.1 Å². The lowest BCUT2D eigenvalue weighted by atomic mass is 10.0. The van der Waals surface area contributed by atoms with Gasteiger partial charge in [-0.25, -0.2) is 15.0 Å². The van der Waals surface area contributed by atoms with Crippen molar-refractivity contribution < 1.29 is 0 Å². The third-order valence-electron chi connectivity index (χ3n) is 3.38. The fourth-order valence-electron chi connectivity index (χ4n) is 2.31. The van der Waals surface area contributed by atoms with Crippen LogP contribution in [0.4, 0.5) is 5.95 Å². The van der Waals surface area contributed by atoms with Gasteiger partial charge in [0.05, 0.1) is 17.0 Å². The molecule has 0 aliphatic carbocycles. The first-order chi connectivity index (χ1) is 11.1. The Morgan fingerprint density at radius 1 is 0.957 bits per heavy atom. The molecule has 0 saturated heterocycles. The minimum Gasteiger partial charge on any atom is -0.368 e. The van der Waals surface area contributed by atoms with Crippen LogP contribution in [0.2, 0.25) is 0 Å². The van der Waals surface area contributed by atoms with Crippen molar-refractivity contribution in [3.8, 4) is 23.1 Å². The van der Waals surface area contributed by atoms with E-state index in [1.54, 1.807) is 6.20 Å². The van der Waals surface area contributed by atoms with E-state index in [0.29, 0.717) is 5.69 Å². The zero-order chi connectivity index (χ0) is 16.2. The first-order valence-corrected chi connectivity index (χ1v) is 7.27. The van der Waals surface area contributed by atoms with Crippen LogP contribution in [0, 0.1) is 25.7 Å². The molecule has 0 saturated carbocycles. The lowest BCUT2D eigenvalue weighted by molar-refractivity contribution is 1.11. The number of aromatic nitrogens is 3. The van der Waals surface area contributed by atoms with Gasteiger partial charge in [-0.15, -0.1) is 0 Å². The van der Waals surface area contributed by atoms with Crippen molar-refractivity contribution in [2.75, 3.05) is 5.73 Å². The van der Waals surface area contributed by atoms with Crippen molar-refractivity contribution in [3.05, 3.63) is 71.2 Å². The summed E-state index contributed by atoms with van der Waals surface area (Å²) in [7, 11) is 0. The Morgan fingerprint density at radius 3 is 2.57 bits per heavy atom. The first-order valence-electron chi connectivity index (χ1n) is 7.27. The quantitative estimate of drug-likeness (QED) is 0.701. The van der Waals surface area contributed by atoms with Crippen molar-refractivity contribution in [3.63, 3.8) is 0 Å². The molecule has 2 aromatic heterocycles. The summed E-state index contributed by atoms with van der Waals surface area (Å²) in [6.45, 7) is 3.93. The topological polar surface area (TPSA) is 64.7 Å².